The molecule has 0 bridgehead atoms. The van der Waals surface area contributed by atoms with Crippen LogP contribution in [0, 0.1) is 0 Å². The molecule has 1 unspecified atom stereocenters. The highest BCUT2D eigenvalue weighted by atomic mass is 32.2. The second-order valence-electron chi connectivity index (χ2n) is 9.26. The highest BCUT2D eigenvalue weighted by Crippen LogP contribution is 2.22. The monoisotopic (exact) mass is 520 g/mol. The first-order valence-corrected chi connectivity index (χ1v) is 13.9. The predicted molar refractivity (Wildman–Crippen MR) is 141 cm³/mol. The van der Waals surface area contributed by atoms with Crippen molar-refractivity contribution in [2.75, 3.05) is 0 Å². The van der Waals surface area contributed by atoms with E-state index in [2.05, 4.69) is 15.0 Å². The van der Waals surface area contributed by atoms with Crippen molar-refractivity contribution in [3.05, 3.63) is 95.8 Å². The van der Waals surface area contributed by atoms with Crippen molar-refractivity contribution in [1.29, 1.82) is 0 Å². The van der Waals surface area contributed by atoms with Crippen molar-refractivity contribution in [1.82, 2.24) is 19.9 Å². The number of benzene rings is 2. The zero-order chi connectivity index (χ0) is 26.3. The van der Waals surface area contributed by atoms with Crippen molar-refractivity contribution in [3.63, 3.8) is 0 Å². The Kier molecular flexibility index (Phi) is 8.68. The lowest BCUT2D eigenvalue weighted by atomic mass is 10.1. The SMILES string of the molecule is CC(C(=O)NCc1ccccn1)N(Cc1ccccc1)C(=O)CCc1ccc(S(=O)(=O)NC2CC2)cc1. The van der Waals surface area contributed by atoms with Crippen molar-refractivity contribution >= 4 is 21.8 Å². The van der Waals surface area contributed by atoms with Crippen LogP contribution in [0.25, 0.3) is 0 Å². The Balaban J connectivity index is 1.39. The number of aromatic nitrogens is 1. The quantitative estimate of drug-likeness (QED) is 0.381. The van der Waals surface area contributed by atoms with Crippen LogP contribution in [0.3, 0.4) is 0 Å². The molecule has 2 N–H and O–H groups in total. The minimum absolute atomic E-state index is 0.0426. The molecule has 1 atom stereocenters. The molecule has 1 fully saturated rings. The van der Waals surface area contributed by atoms with Gasteiger partial charge >= 0.3 is 0 Å². The summed E-state index contributed by atoms with van der Waals surface area (Å²) in [5.74, 6) is -0.413. The van der Waals surface area contributed by atoms with Gasteiger partial charge < -0.3 is 10.2 Å². The van der Waals surface area contributed by atoms with Crippen LogP contribution in [0.1, 0.15) is 43.0 Å². The molecule has 1 heterocycles. The Morgan fingerprint density at radius 2 is 1.68 bits per heavy atom. The summed E-state index contributed by atoms with van der Waals surface area (Å²) in [6, 6.07) is 21.0. The Bertz CT molecular complexity index is 1300. The number of rotatable bonds is 12. The molecule has 1 saturated carbocycles. The maximum atomic E-state index is 13.3. The van der Waals surface area contributed by atoms with Gasteiger partial charge in [-0.1, -0.05) is 48.5 Å². The van der Waals surface area contributed by atoms with Crippen LogP contribution in [-0.4, -0.2) is 42.2 Å². The number of carbonyl (C=O) groups excluding carboxylic acids is 2. The van der Waals surface area contributed by atoms with E-state index in [1.807, 2.05) is 48.5 Å². The molecule has 4 rings (SSSR count). The minimum Gasteiger partial charge on any atom is -0.349 e. The van der Waals surface area contributed by atoms with Gasteiger partial charge in [-0.15, -0.1) is 0 Å². The average Bonchev–Trinajstić information content (AvgIpc) is 3.73. The lowest BCUT2D eigenvalue weighted by Gasteiger charge is -2.29. The molecule has 1 aliphatic rings. The van der Waals surface area contributed by atoms with Crippen molar-refractivity contribution < 1.29 is 18.0 Å². The lowest BCUT2D eigenvalue weighted by molar-refractivity contribution is -0.140. The molecular weight excluding hydrogens is 488 g/mol. The van der Waals surface area contributed by atoms with E-state index in [-0.39, 0.29) is 35.7 Å². The fraction of sp³-hybridized carbons (Fsp3) is 0.321. The van der Waals surface area contributed by atoms with Gasteiger partial charge in [0.25, 0.3) is 0 Å². The van der Waals surface area contributed by atoms with Crippen LogP contribution in [-0.2, 0) is 39.1 Å². The van der Waals surface area contributed by atoms with Gasteiger partial charge in [0.1, 0.15) is 6.04 Å². The van der Waals surface area contributed by atoms with E-state index in [0.29, 0.717) is 13.0 Å². The van der Waals surface area contributed by atoms with E-state index in [1.54, 1.807) is 42.3 Å². The summed E-state index contributed by atoms with van der Waals surface area (Å²) < 4.78 is 27.5. The summed E-state index contributed by atoms with van der Waals surface area (Å²) in [6.45, 7) is 2.31. The molecule has 194 valence electrons. The first-order valence-electron chi connectivity index (χ1n) is 12.4. The molecule has 37 heavy (non-hydrogen) atoms. The van der Waals surface area contributed by atoms with Gasteiger partial charge in [0.15, 0.2) is 0 Å². The number of hydrogen-bond acceptors (Lipinski definition) is 5. The van der Waals surface area contributed by atoms with Gasteiger partial charge in [-0.25, -0.2) is 13.1 Å². The zero-order valence-corrected chi connectivity index (χ0v) is 21.7. The van der Waals surface area contributed by atoms with Crippen LogP contribution < -0.4 is 10.0 Å². The number of hydrogen-bond donors (Lipinski definition) is 2. The number of nitrogens with zero attached hydrogens (tertiary/aromatic N) is 2. The molecule has 3 aromatic rings. The van der Waals surface area contributed by atoms with Gasteiger partial charge in [-0.3, -0.25) is 14.6 Å². The zero-order valence-electron chi connectivity index (χ0n) is 20.8. The number of pyridine rings is 1. The summed E-state index contributed by atoms with van der Waals surface area (Å²) in [5.41, 5.74) is 2.52. The summed E-state index contributed by atoms with van der Waals surface area (Å²) >= 11 is 0. The van der Waals surface area contributed by atoms with Gasteiger partial charge in [0.05, 0.1) is 17.1 Å². The Morgan fingerprint density at radius 1 is 0.973 bits per heavy atom. The van der Waals surface area contributed by atoms with Crippen LogP contribution in [0.4, 0.5) is 0 Å². The third kappa shape index (κ3) is 7.71. The van der Waals surface area contributed by atoms with E-state index >= 15 is 0 Å². The number of nitrogens with one attached hydrogen (secondary N) is 2. The highest BCUT2D eigenvalue weighted by Gasteiger charge is 2.28. The Labute approximate surface area is 218 Å². The maximum Gasteiger partial charge on any atom is 0.242 e. The molecule has 0 saturated heterocycles. The maximum absolute atomic E-state index is 13.3. The smallest absolute Gasteiger partial charge is 0.242 e. The topological polar surface area (TPSA) is 108 Å². The normalized spacial score (nSPS) is 14.1. The fourth-order valence-corrected chi connectivity index (χ4v) is 5.21. The molecule has 0 radical (unpaired) electrons. The summed E-state index contributed by atoms with van der Waals surface area (Å²) in [4.78, 5) is 32.3. The number of amides is 2. The highest BCUT2D eigenvalue weighted by molar-refractivity contribution is 7.89. The van der Waals surface area contributed by atoms with Crippen LogP contribution in [0.15, 0.2) is 83.9 Å². The molecule has 1 aliphatic carbocycles. The molecule has 2 aromatic carbocycles. The molecular formula is C28H32N4O4S. The van der Waals surface area contributed by atoms with Crippen molar-refractivity contribution in [2.45, 2.75) is 62.7 Å². The first kappa shape index (κ1) is 26.5. The third-order valence-electron chi connectivity index (χ3n) is 6.29. The second kappa shape index (κ2) is 12.1. The summed E-state index contributed by atoms with van der Waals surface area (Å²) in [5, 5.41) is 2.87. The van der Waals surface area contributed by atoms with E-state index in [4.69, 9.17) is 0 Å². The molecule has 1 aromatic heterocycles. The van der Waals surface area contributed by atoms with E-state index in [9.17, 15) is 18.0 Å². The lowest BCUT2D eigenvalue weighted by Crippen LogP contribution is -2.47. The molecule has 8 nitrogen and oxygen atoms in total. The third-order valence-corrected chi connectivity index (χ3v) is 7.83. The van der Waals surface area contributed by atoms with E-state index < -0.39 is 16.1 Å². The Hall–Kier alpha value is -3.56. The summed E-state index contributed by atoms with van der Waals surface area (Å²) in [7, 11) is -3.51. The van der Waals surface area contributed by atoms with Gasteiger partial charge in [0.2, 0.25) is 21.8 Å². The molecule has 9 heteroatoms. The summed E-state index contributed by atoms with van der Waals surface area (Å²) in [6.07, 6.45) is 4.04. The number of sulfonamides is 1. The van der Waals surface area contributed by atoms with Gasteiger partial charge in [-0.2, -0.15) is 0 Å². The first-order chi connectivity index (χ1) is 17.8. The Morgan fingerprint density at radius 3 is 2.32 bits per heavy atom. The average molecular weight is 521 g/mol. The predicted octanol–water partition coefficient (Wildman–Crippen LogP) is 3.19. The van der Waals surface area contributed by atoms with E-state index in [0.717, 1.165) is 29.7 Å². The van der Waals surface area contributed by atoms with Crippen LogP contribution >= 0.6 is 0 Å². The molecule has 0 aliphatic heterocycles. The van der Waals surface area contributed by atoms with E-state index in [1.165, 1.54) is 0 Å². The van der Waals surface area contributed by atoms with Crippen LogP contribution in [0.2, 0.25) is 0 Å². The standard InChI is InChI=1S/C28H32N4O4S/c1-21(28(34)30-19-25-9-5-6-18-29-25)32(20-23-7-3-2-4-8-23)27(33)17-12-22-10-15-26(16-11-22)37(35,36)31-24-13-14-24/h2-11,15-16,18,21,24,31H,12-14,17,19-20H2,1H3,(H,30,34). The van der Waals surface area contributed by atoms with Gasteiger partial charge in [-0.05, 0) is 61.6 Å². The molecule has 2 amide bonds. The minimum atomic E-state index is -3.51. The largest absolute Gasteiger partial charge is 0.349 e. The van der Waals surface area contributed by atoms with Crippen LogP contribution in [0.5, 0.6) is 0 Å². The number of aryl methyl sites for hydroxylation is 1. The second-order valence-corrected chi connectivity index (χ2v) is 11.0. The fourth-order valence-electron chi connectivity index (χ4n) is 3.91. The molecule has 0 spiro atoms. The van der Waals surface area contributed by atoms with Crippen molar-refractivity contribution in [2.24, 2.45) is 0 Å². The van der Waals surface area contributed by atoms with Crippen molar-refractivity contribution in [3.8, 4) is 0 Å². The number of carbonyl (C=O) groups is 2. The van der Waals surface area contributed by atoms with Gasteiger partial charge in [0, 0.05) is 25.2 Å².